The van der Waals surface area contributed by atoms with Crippen LogP contribution in [-0.4, -0.2) is 47.5 Å². The standard InChI is InChI=1S/C25H28N4O3S/c1-15-9-10-18(13-16(15)2)22-21(17(3)29(11-12-30-4)25(33)26-22)24-27-23(28-32-24)19-7-6-8-20(14-19)31-5/h6-10,13-14,22H,11-12H2,1-5H3,(H,26,33). The van der Waals surface area contributed by atoms with Gasteiger partial charge in [-0.05, 0) is 61.8 Å². The second-order valence-corrected chi connectivity index (χ2v) is 8.41. The SMILES string of the molecule is COCCN1C(=S)NC(c2ccc(C)c(C)c2)C(c2nc(-c3cccc(OC)c3)no2)=C1C. The number of ether oxygens (including phenoxy) is 2. The maximum Gasteiger partial charge on any atom is 0.258 e. The first-order chi connectivity index (χ1) is 15.9. The van der Waals surface area contributed by atoms with Crippen molar-refractivity contribution in [2.24, 2.45) is 0 Å². The third kappa shape index (κ3) is 4.62. The summed E-state index contributed by atoms with van der Waals surface area (Å²) in [4.78, 5) is 6.77. The average Bonchev–Trinajstić information content (AvgIpc) is 3.30. The Morgan fingerprint density at radius 2 is 1.91 bits per heavy atom. The number of thiocarbonyl (C=S) groups is 1. The summed E-state index contributed by atoms with van der Waals surface area (Å²) >= 11 is 5.71. The van der Waals surface area contributed by atoms with Crippen LogP contribution in [0.15, 0.2) is 52.7 Å². The summed E-state index contributed by atoms with van der Waals surface area (Å²) in [7, 11) is 3.31. The number of aryl methyl sites for hydroxylation is 2. The first-order valence-corrected chi connectivity index (χ1v) is 11.2. The lowest BCUT2D eigenvalue weighted by molar-refractivity contribution is 0.183. The van der Waals surface area contributed by atoms with Gasteiger partial charge in [-0.1, -0.05) is 35.5 Å². The lowest BCUT2D eigenvalue weighted by Crippen LogP contribution is -2.47. The molecule has 2 heterocycles. The molecule has 1 aliphatic rings. The van der Waals surface area contributed by atoms with Crippen molar-refractivity contribution >= 4 is 22.9 Å². The van der Waals surface area contributed by atoms with Crippen LogP contribution < -0.4 is 10.1 Å². The van der Waals surface area contributed by atoms with E-state index in [0.29, 0.717) is 30.0 Å². The van der Waals surface area contributed by atoms with E-state index in [1.54, 1.807) is 14.2 Å². The third-order valence-electron chi connectivity index (χ3n) is 5.96. The summed E-state index contributed by atoms with van der Waals surface area (Å²) in [6.07, 6.45) is 0. The molecule has 172 valence electrons. The van der Waals surface area contributed by atoms with Gasteiger partial charge in [0.25, 0.3) is 5.89 Å². The highest BCUT2D eigenvalue weighted by Crippen LogP contribution is 2.38. The molecule has 2 aromatic carbocycles. The lowest BCUT2D eigenvalue weighted by Gasteiger charge is -2.37. The van der Waals surface area contributed by atoms with Crippen LogP contribution in [0.5, 0.6) is 5.75 Å². The van der Waals surface area contributed by atoms with E-state index in [2.05, 4.69) is 42.5 Å². The van der Waals surface area contributed by atoms with E-state index in [0.717, 1.165) is 28.1 Å². The summed E-state index contributed by atoms with van der Waals surface area (Å²) in [6.45, 7) is 7.40. The van der Waals surface area contributed by atoms with Crippen molar-refractivity contribution in [1.82, 2.24) is 20.4 Å². The summed E-state index contributed by atoms with van der Waals surface area (Å²) in [5.74, 6) is 1.68. The molecule has 0 amide bonds. The maximum absolute atomic E-state index is 5.80. The van der Waals surface area contributed by atoms with Crippen molar-refractivity contribution in [2.75, 3.05) is 27.4 Å². The van der Waals surface area contributed by atoms with Gasteiger partial charge < -0.3 is 24.2 Å². The Bertz CT molecular complexity index is 1200. The molecule has 0 fully saturated rings. The van der Waals surface area contributed by atoms with Crippen molar-refractivity contribution in [2.45, 2.75) is 26.8 Å². The summed E-state index contributed by atoms with van der Waals surface area (Å²) in [5.41, 5.74) is 6.20. The minimum Gasteiger partial charge on any atom is -0.497 e. The maximum atomic E-state index is 5.80. The molecule has 33 heavy (non-hydrogen) atoms. The average molecular weight is 465 g/mol. The number of hydrogen-bond donors (Lipinski definition) is 1. The van der Waals surface area contributed by atoms with Crippen LogP contribution in [0, 0.1) is 13.8 Å². The van der Waals surface area contributed by atoms with Gasteiger partial charge >= 0.3 is 0 Å². The van der Waals surface area contributed by atoms with E-state index in [1.807, 2.05) is 36.1 Å². The van der Waals surface area contributed by atoms with E-state index >= 15 is 0 Å². The zero-order chi connectivity index (χ0) is 23.5. The molecule has 7 nitrogen and oxygen atoms in total. The van der Waals surface area contributed by atoms with Crippen molar-refractivity contribution in [3.63, 3.8) is 0 Å². The summed E-state index contributed by atoms with van der Waals surface area (Å²) in [5, 5.41) is 8.38. The number of nitrogens with one attached hydrogen (secondary N) is 1. The highest BCUT2D eigenvalue weighted by Gasteiger charge is 2.34. The number of methoxy groups -OCH3 is 2. The Morgan fingerprint density at radius 3 is 2.64 bits per heavy atom. The molecule has 1 aromatic heterocycles. The quantitative estimate of drug-likeness (QED) is 0.506. The molecule has 1 atom stereocenters. The van der Waals surface area contributed by atoms with Crippen molar-refractivity contribution in [1.29, 1.82) is 0 Å². The van der Waals surface area contributed by atoms with Crippen molar-refractivity contribution < 1.29 is 14.0 Å². The Labute approximate surface area is 199 Å². The number of aromatic nitrogens is 2. The van der Waals surface area contributed by atoms with Crippen molar-refractivity contribution in [3.05, 3.63) is 70.7 Å². The van der Waals surface area contributed by atoms with Crippen LogP contribution in [0.2, 0.25) is 0 Å². The van der Waals surface area contributed by atoms with Gasteiger partial charge in [-0.2, -0.15) is 4.98 Å². The van der Waals surface area contributed by atoms with Crippen LogP contribution in [-0.2, 0) is 4.74 Å². The molecular formula is C25H28N4O3S. The van der Waals surface area contributed by atoms with Gasteiger partial charge in [-0.15, -0.1) is 0 Å². The van der Waals surface area contributed by atoms with Crippen LogP contribution in [0.3, 0.4) is 0 Å². The zero-order valence-corrected chi connectivity index (χ0v) is 20.3. The Hall–Kier alpha value is -3.23. The Balaban J connectivity index is 1.80. The number of rotatable bonds is 7. The molecular weight excluding hydrogens is 436 g/mol. The summed E-state index contributed by atoms with van der Waals surface area (Å²) < 4.78 is 16.4. The molecule has 0 radical (unpaired) electrons. The predicted molar refractivity (Wildman–Crippen MR) is 132 cm³/mol. The molecule has 0 saturated carbocycles. The first-order valence-electron chi connectivity index (χ1n) is 10.8. The van der Waals surface area contributed by atoms with Gasteiger partial charge in [0, 0.05) is 24.9 Å². The van der Waals surface area contributed by atoms with Crippen LogP contribution in [0.1, 0.15) is 35.5 Å². The lowest BCUT2D eigenvalue weighted by atomic mass is 9.92. The van der Waals surface area contributed by atoms with E-state index in [4.69, 9.17) is 31.2 Å². The van der Waals surface area contributed by atoms with E-state index in [-0.39, 0.29) is 6.04 Å². The second-order valence-electron chi connectivity index (χ2n) is 8.02. The zero-order valence-electron chi connectivity index (χ0n) is 19.5. The van der Waals surface area contributed by atoms with Gasteiger partial charge in [0.15, 0.2) is 5.11 Å². The van der Waals surface area contributed by atoms with Crippen molar-refractivity contribution in [3.8, 4) is 17.1 Å². The fourth-order valence-electron chi connectivity index (χ4n) is 3.92. The monoisotopic (exact) mass is 464 g/mol. The normalized spacial score (nSPS) is 16.2. The van der Waals surface area contributed by atoms with Crippen LogP contribution >= 0.6 is 12.2 Å². The topological polar surface area (TPSA) is 72.7 Å². The Kier molecular flexibility index (Phi) is 6.76. The van der Waals surface area contributed by atoms with Gasteiger partial charge in [-0.25, -0.2) is 0 Å². The highest BCUT2D eigenvalue weighted by molar-refractivity contribution is 7.80. The first kappa shape index (κ1) is 22.9. The smallest absolute Gasteiger partial charge is 0.258 e. The van der Waals surface area contributed by atoms with Gasteiger partial charge in [0.1, 0.15) is 5.75 Å². The fourth-order valence-corrected chi connectivity index (χ4v) is 4.26. The number of allylic oxidation sites excluding steroid dienone is 1. The largest absolute Gasteiger partial charge is 0.497 e. The highest BCUT2D eigenvalue weighted by atomic mass is 32.1. The summed E-state index contributed by atoms with van der Waals surface area (Å²) in [6, 6.07) is 13.8. The van der Waals surface area contributed by atoms with E-state index in [1.165, 1.54) is 11.1 Å². The van der Waals surface area contributed by atoms with Crippen LogP contribution in [0.25, 0.3) is 17.0 Å². The number of nitrogens with zero attached hydrogens (tertiary/aromatic N) is 3. The molecule has 1 unspecified atom stereocenters. The minimum absolute atomic E-state index is 0.214. The molecule has 1 N–H and O–H groups in total. The molecule has 0 saturated heterocycles. The molecule has 0 bridgehead atoms. The van der Waals surface area contributed by atoms with Crippen LogP contribution in [0.4, 0.5) is 0 Å². The van der Waals surface area contributed by atoms with Gasteiger partial charge in [-0.3, -0.25) is 0 Å². The molecule has 4 rings (SSSR count). The Morgan fingerprint density at radius 1 is 1.09 bits per heavy atom. The second kappa shape index (κ2) is 9.72. The van der Waals surface area contributed by atoms with E-state index < -0.39 is 0 Å². The third-order valence-corrected chi connectivity index (χ3v) is 6.30. The fraction of sp³-hybridized carbons (Fsp3) is 0.320. The van der Waals surface area contributed by atoms with E-state index in [9.17, 15) is 0 Å². The minimum atomic E-state index is -0.214. The van der Waals surface area contributed by atoms with Gasteiger partial charge in [0.2, 0.25) is 5.82 Å². The number of benzene rings is 2. The molecule has 1 aliphatic heterocycles. The predicted octanol–water partition coefficient (Wildman–Crippen LogP) is 4.67. The van der Waals surface area contributed by atoms with Gasteiger partial charge in [0.05, 0.1) is 25.3 Å². The molecule has 0 spiro atoms. The molecule has 0 aliphatic carbocycles. The molecule has 8 heteroatoms. The number of hydrogen-bond acceptors (Lipinski definition) is 6. The molecule has 3 aromatic rings.